The number of hydrogen-bond acceptors (Lipinski definition) is 3. The standard InChI is InChI=1S/C11H21NO3/c1-9(15-2)10(14)12-7-11(8-13)5-3-4-6-11/h9,13H,3-8H2,1-2H3,(H,12,14). The van der Waals surface area contributed by atoms with E-state index in [1.807, 2.05) is 0 Å². The van der Waals surface area contributed by atoms with Crippen molar-refractivity contribution in [2.45, 2.75) is 38.7 Å². The third-order valence-electron chi connectivity index (χ3n) is 3.36. The van der Waals surface area contributed by atoms with Gasteiger partial charge in [0.1, 0.15) is 6.10 Å². The molecular formula is C11H21NO3. The smallest absolute Gasteiger partial charge is 0.248 e. The minimum Gasteiger partial charge on any atom is -0.396 e. The van der Waals surface area contributed by atoms with E-state index in [-0.39, 0.29) is 17.9 Å². The fraction of sp³-hybridized carbons (Fsp3) is 0.909. The molecule has 0 saturated heterocycles. The molecule has 4 nitrogen and oxygen atoms in total. The molecule has 0 aromatic rings. The Morgan fingerprint density at radius 1 is 1.53 bits per heavy atom. The number of hydrogen-bond donors (Lipinski definition) is 2. The van der Waals surface area contributed by atoms with E-state index in [1.165, 1.54) is 7.11 Å². The first kappa shape index (κ1) is 12.5. The molecule has 1 aliphatic rings. The largest absolute Gasteiger partial charge is 0.396 e. The summed E-state index contributed by atoms with van der Waals surface area (Å²) in [6.45, 7) is 2.44. The highest BCUT2D eigenvalue weighted by Crippen LogP contribution is 2.36. The fourth-order valence-electron chi connectivity index (χ4n) is 2.04. The third-order valence-corrected chi connectivity index (χ3v) is 3.36. The lowest BCUT2D eigenvalue weighted by atomic mass is 9.87. The first-order valence-electron chi connectivity index (χ1n) is 5.55. The van der Waals surface area contributed by atoms with Gasteiger partial charge in [-0.25, -0.2) is 0 Å². The maximum Gasteiger partial charge on any atom is 0.248 e. The summed E-state index contributed by atoms with van der Waals surface area (Å²) < 4.78 is 4.92. The van der Waals surface area contributed by atoms with E-state index >= 15 is 0 Å². The van der Waals surface area contributed by atoms with Gasteiger partial charge in [0.15, 0.2) is 0 Å². The number of carbonyl (C=O) groups is 1. The van der Waals surface area contributed by atoms with Crippen molar-refractivity contribution < 1.29 is 14.6 Å². The Hall–Kier alpha value is -0.610. The fourth-order valence-corrected chi connectivity index (χ4v) is 2.04. The SMILES string of the molecule is COC(C)C(=O)NCC1(CO)CCCC1. The van der Waals surface area contributed by atoms with Crippen molar-refractivity contribution in [1.29, 1.82) is 0 Å². The van der Waals surface area contributed by atoms with Crippen molar-refractivity contribution in [2.24, 2.45) is 5.41 Å². The normalized spacial score (nSPS) is 21.3. The molecular weight excluding hydrogens is 194 g/mol. The zero-order chi connectivity index (χ0) is 11.3. The Kier molecular flexibility index (Phi) is 4.54. The summed E-state index contributed by atoms with van der Waals surface area (Å²) in [5.41, 5.74) is -0.0802. The van der Waals surface area contributed by atoms with Gasteiger partial charge in [0.05, 0.1) is 6.61 Å². The number of methoxy groups -OCH3 is 1. The second kappa shape index (κ2) is 5.47. The van der Waals surface area contributed by atoms with Crippen molar-refractivity contribution >= 4 is 5.91 Å². The van der Waals surface area contributed by atoms with Crippen LogP contribution in [0.15, 0.2) is 0 Å². The predicted octanol–water partition coefficient (Wildman–Crippen LogP) is 0.690. The van der Waals surface area contributed by atoms with Gasteiger partial charge < -0.3 is 15.2 Å². The summed E-state index contributed by atoms with van der Waals surface area (Å²) in [5.74, 6) is -0.0998. The molecule has 1 rings (SSSR count). The Bertz CT molecular complexity index is 212. The van der Waals surface area contributed by atoms with Crippen LogP contribution in [0.4, 0.5) is 0 Å². The molecule has 1 atom stereocenters. The van der Waals surface area contributed by atoms with Crippen LogP contribution in [0, 0.1) is 5.41 Å². The summed E-state index contributed by atoms with van der Waals surface area (Å²) in [6, 6.07) is 0. The van der Waals surface area contributed by atoms with Crippen LogP contribution in [0.5, 0.6) is 0 Å². The van der Waals surface area contributed by atoms with Gasteiger partial charge >= 0.3 is 0 Å². The van der Waals surface area contributed by atoms with E-state index < -0.39 is 6.10 Å². The Labute approximate surface area is 91.0 Å². The van der Waals surface area contributed by atoms with Gasteiger partial charge in [0.25, 0.3) is 0 Å². The van der Waals surface area contributed by atoms with E-state index in [2.05, 4.69) is 5.32 Å². The summed E-state index contributed by atoms with van der Waals surface area (Å²) >= 11 is 0. The van der Waals surface area contributed by atoms with E-state index in [0.29, 0.717) is 6.54 Å². The summed E-state index contributed by atoms with van der Waals surface area (Å²) in [6.07, 6.45) is 3.89. The predicted molar refractivity (Wildman–Crippen MR) is 57.5 cm³/mol. The molecule has 0 heterocycles. The van der Waals surface area contributed by atoms with Crippen LogP contribution >= 0.6 is 0 Å². The number of amides is 1. The molecule has 0 aliphatic heterocycles. The average molecular weight is 215 g/mol. The molecule has 1 unspecified atom stereocenters. The van der Waals surface area contributed by atoms with Crippen LogP contribution in [0.1, 0.15) is 32.6 Å². The van der Waals surface area contributed by atoms with Gasteiger partial charge in [-0.2, -0.15) is 0 Å². The van der Waals surface area contributed by atoms with E-state index in [9.17, 15) is 9.90 Å². The average Bonchev–Trinajstić information content (AvgIpc) is 2.74. The molecule has 0 aromatic carbocycles. The van der Waals surface area contributed by atoms with Gasteiger partial charge in [0, 0.05) is 19.1 Å². The molecule has 2 N–H and O–H groups in total. The molecule has 88 valence electrons. The third kappa shape index (κ3) is 3.18. The van der Waals surface area contributed by atoms with Gasteiger partial charge in [-0.3, -0.25) is 4.79 Å². The van der Waals surface area contributed by atoms with Crippen molar-refractivity contribution in [3.05, 3.63) is 0 Å². The van der Waals surface area contributed by atoms with Crippen LogP contribution in [-0.4, -0.2) is 37.4 Å². The van der Waals surface area contributed by atoms with Crippen molar-refractivity contribution in [2.75, 3.05) is 20.3 Å². The van der Waals surface area contributed by atoms with Crippen LogP contribution < -0.4 is 5.32 Å². The van der Waals surface area contributed by atoms with Crippen LogP contribution in [-0.2, 0) is 9.53 Å². The monoisotopic (exact) mass is 215 g/mol. The zero-order valence-corrected chi connectivity index (χ0v) is 9.58. The van der Waals surface area contributed by atoms with Crippen molar-refractivity contribution in [3.8, 4) is 0 Å². The number of rotatable bonds is 5. The number of ether oxygens (including phenoxy) is 1. The number of aliphatic hydroxyl groups excluding tert-OH is 1. The maximum atomic E-state index is 11.5. The lowest BCUT2D eigenvalue weighted by Crippen LogP contribution is -2.42. The Morgan fingerprint density at radius 3 is 2.60 bits per heavy atom. The molecule has 0 bridgehead atoms. The van der Waals surface area contributed by atoms with Gasteiger partial charge in [-0.1, -0.05) is 12.8 Å². The van der Waals surface area contributed by atoms with Crippen molar-refractivity contribution in [1.82, 2.24) is 5.32 Å². The molecule has 1 fully saturated rings. The van der Waals surface area contributed by atoms with Gasteiger partial charge in [-0.15, -0.1) is 0 Å². The molecule has 0 spiro atoms. The summed E-state index contributed by atoms with van der Waals surface area (Å²) in [7, 11) is 1.52. The molecule has 0 aromatic heterocycles. The molecule has 1 saturated carbocycles. The molecule has 4 heteroatoms. The minimum absolute atomic E-state index is 0.0802. The van der Waals surface area contributed by atoms with E-state index in [4.69, 9.17) is 4.74 Å². The highest BCUT2D eigenvalue weighted by Gasteiger charge is 2.33. The first-order valence-corrected chi connectivity index (χ1v) is 5.55. The lowest BCUT2D eigenvalue weighted by molar-refractivity contribution is -0.130. The Morgan fingerprint density at radius 2 is 2.13 bits per heavy atom. The number of nitrogens with one attached hydrogen (secondary N) is 1. The molecule has 1 aliphatic carbocycles. The molecule has 0 radical (unpaired) electrons. The van der Waals surface area contributed by atoms with Gasteiger partial charge in [-0.05, 0) is 19.8 Å². The van der Waals surface area contributed by atoms with Crippen LogP contribution in [0.2, 0.25) is 0 Å². The maximum absolute atomic E-state index is 11.5. The second-order valence-electron chi connectivity index (χ2n) is 4.46. The summed E-state index contributed by atoms with van der Waals surface area (Å²) in [5, 5.41) is 12.2. The molecule has 15 heavy (non-hydrogen) atoms. The van der Waals surface area contributed by atoms with Crippen molar-refractivity contribution in [3.63, 3.8) is 0 Å². The van der Waals surface area contributed by atoms with Gasteiger partial charge in [0.2, 0.25) is 5.91 Å². The minimum atomic E-state index is -0.415. The first-order chi connectivity index (χ1) is 7.13. The Balaban J connectivity index is 2.37. The quantitative estimate of drug-likeness (QED) is 0.709. The van der Waals surface area contributed by atoms with Crippen LogP contribution in [0.25, 0.3) is 0 Å². The number of carbonyl (C=O) groups excluding carboxylic acids is 1. The van der Waals surface area contributed by atoms with E-state index in [1.54, 1.807) is 6.92 Å². The highest BCUT2D eigenvalue weighted by atomic mass is 16.5. The highest BCUT2D eigenvalue weighted by molar-refractivity contribution is 5.80. The molecule has 1 amide bonds. The van der Waals surface area contributed by atoms with Crippen LogP contribution in [0.3, 0.4) is 0 Å². The van der Waals surface area contributed by atoms with E-state index in [0.717, 1.165) is 25.7 Å². The second-order valence-corrected chi connectivity index (χ2v) is 4.46. The topological polar surface area (TPSA) is 58.6 Å². The zero-order valence-electron chi connectivity index (χ0n) is 9.58. The lowest BCUT2D eigenvalue weighted by Gasteiger charge is -2.27. The number of aliphatic hydroxyl groups is 1. The summed E-state index contributed by atoms with van der Waals surface area (Å²) in [4.78, 5) is 11.5.